The number of hydrogen-bond donors (Lipinski definition) is 3. The van der Waals surface area contributed by atoms with Crippen molar-refractivity contribution in [2.45, 2.75) is 20.3 Å². The number of rotatable bonds is 3. The van der Waals surface area contributed by atoms with Gasteiger partial charge in [-0.05, 0) is 31.5 Å². The second kappa shape index (κ2) is 7.75. The smallest absolute Gasteiger partial charge is 0.386 e. The van der Waals surface area contributed by atoms with Crippen molar-refractivity contribution in [1.29, 1.82) is 0 Å². The molecule has 1 rings (SSSR count). The molecule has 0 spiro atoms. The van der Waals surface area contributed by atoms with E-state index in [9.17, 15) is 14.7 Å². The number of hydrogen-bond acceptors (Lipinski definition) is 4. The number of carbonyl (C=O) groups is 2. The zero-order valence-electron chi connectivity index (χ0n) is 10.7. The summed E-state index contributed by atoms with van der Waals surface area (Å²) in [6, 6.07) is 3.15. The minimum Gasteiger partial charge on any atom is -0.504 e. The van der Waals surface area contributed by atoms with Crippen LogP contribution >= 0.6 is 0 Å². The highest BCUT2D eigenvalue weighted by Crippen LogP contribution is 2.24. The third-order valence-corrected chi connectivity index (χ3v) is 2.11. The molecule has 1 radical (unpaired) electrons. The first-order chi connectivity index (χ1) is 8.79. The van der Waals surface area contributed by atoms with Gasteiger partial charge in [0.25, 0.3) is 0 Å². The Morgan fingerprint density at radius 2 is 1.84 bits per heavy atom. The number of aromatic hydroxyl groups is 2. The predicted octanol–water partition coefficient (Wildman–Crippen LogP) is 1.50. The van der Waals surface area contributed by atoms with E-state index in [1.807, 2.05) is 13.0 Å². The SMILES string of the molecule is CCC=C(C)C(N)=O.[O]C(=O)c1ccc(O)c(O)c1. The Kier molecular flexibility index (Phi) is 6.73. The van der Waals surface area contributed by atoms with Crippen LogP contribution in [0.2, 0.25) is 0 Å². The third kappa shape index (κ3) is 6.11. The molecule has 0 heterocycles. The fraction of sp³-hybridized carbons (Fsp3) is 0.231. The number of nitrogens with two attached hydrogens (primary N) is 1. The molecule has 103 valence electrons. The molecule has 0 aliphatic carbocycles. The summed E-state index contributed by atoms with van der Waals surface area (Å²) in [5.74, 6) is -2.53. The van der Waals surface area contributed by atoms with Crippen molar-refractivity contribution in [1.82, 2.24) is 0 Å². The van der Waals surface area contributed by atoms with Gasteiger partial charge in [-0.25, -0.2) is 9.90 Å². The molecule has 0 saturated carbocycles. The lowest BCUT2D eigenvalue weighted by molar-refractivity contribution is -0.114. The standard InChI is InChI=1S/C7H5O4.C6H11NO/c8-5-2-1-4(7(10)11)3-6(5)9;1-3-4-5(2)6(7)8/h1-3,8-9H;4H,3H2,1-2H3,(H2,7,8). The average molecular weight is 266 g/mol. The highest BCUT2D eigenvalue weighted by atomic mass is 16.4. The number of primary amides is 1. The number of allylic oxidation sites excluding steroid dienone is 1. The highest BCUT2D eigenvalue weighted by molar-refractivity contribution is 5.91. The molecule has 0 bridgehead atoms. The predicted molar refractivity (Wildman–Crippen MR) is 68.0 cm³/mol. The van der Waals surface area contributed by atoms with E-state index in [2.05, 4.69) is 0 Å². The first-order valence-corrected chi connectivity index (χ1v) is 5.49. The van der Waals surface area contributed by atoms with Crippen LogP contribution in [0.3, 0.4) is 0 Å². The number of phenolic OH excluding ortho intramolecular Hbond substituents is 2. The van der Waals surface area contributed by atoms with Crippen molar-refractivity contribution in [2.75, 3.05) is 0 Å². The van der Waals surface area contributed by atoms with Crippen LogP contribution in [-0.4, -0.2) is 22.1 Å². The van der Waals surface area contributed by atoms with Gasteiger partial charge in [-0.3, -0.25) is 4.79 Å². The van der Waals surface area contributed by atoms with Crippen LogP contribution < -0.4 is 5.73 Å². The zero-order valence-corrected chi connectivity index (χ0v) is 10.7. The van der Waals surface area contributed by atoms with Gasteiger partial charge in [0.1, 0.15) is 0 Å². The summed E-state index contributed by atoms with van der Waals surface area (Å²) in [6.07, 6.45) is 2.68. The van der Waals surface area contributed by atoms with Gasteiger partial charge in [0.2, 0.25) is 5.91 Å². The molecule has 1 aromatic rings. The van der Waals surface area contributed by atoms with Gasteiger partial charge in [0.15, 0.2) is 11.5 Å². The van der Waals surface area contributed by atoms with Gasteiger partial charge in [-0.15, -0.1) is 0 Å². The topological polar surface area (TPSA) is 121 Å². The van der Waals surface area contributed by atoms with E-state index in [1.54, 1.807) is 6.92 Å². The second-order valence-electron chi connectivity index (χ2n) is 3.65. The van der Waals surface area contributed by atoms with Gasteiger partial charge in [-0.1, -0.05) is 13.0 Å². The normalized spacial score (nSPS) is 10.3. The number of carbonyl (C=O) groups excluding carboxylic acids is 2. The van der Waals surface area contributed by atoms with Crippen LogP contribution in [0.4, 0.5) is 0 Å². The molecule has 0 fully saturated rings. The second-order valence-corrected chi connectivity index (χ2v) is 3.65. The molecule has 0 aromatic heterocycles. The zero-order chi connectivity index (χ0) is 15.0. The lowest BCUT2D eigenvalue weighted by Gasteiger charge is -1.96. The summed E-state index contributed by atoms with van der Waals surface area (Å²) >= 11 is 0. The summed E-state index contributed by atoms with van der Waals surface area (Å²) in [5, 5.41) is 27.7. The first kappa shape index (κ1) is 16.5. The van der Waals surface area contributed by atoms with E-state index < -0.39 is 11.7 Å². The minimum atomic E-state index is -1.39. The fourth-order valence-corrected chi connectivity index (χ4v) is 1.06. The summed E-state index contributed by atoms with van der Waals surface area (Å²) < 4.78 is 0. The average Bonchev–Trinajstić information content (AvgIpc) is 2.33. The molecule has 19 heavy (non-hydrogen) atoms. The highest BCUT2D eigenvalue weighted by Gasteiger charge is 2.07. The van der Waals surface area contributed by atoms with E-state index in [0.717, 1.165) is 24.6 Å². The number of amides is 1. The van der Waals surface area contributed by atoms with Crippen molar-refractivity contribution < 1.29 is 24.9 Å². The Morgan fingerprint density at radius 1 is 1.26 bits per heavy atom. The Labute approximate surface area is 110 Å². The molecule has 0 atom stereocenters. The Bertz CT molecular complexity index is 494. The molecular formula is C13H16NO5. The van der Waals surface area contributed by atoms with Crippen LogP contribution in [0.15, 0.2) is 29.8 Å². The van der Waals surface area contributed by atoms with Gasteiger partial charge in [0.05, 0.1) is 5.56 Å². The van der Waals surface area contributed by atoms with E-state index in [1.165, 1.54) is 0 Å². The van der Waals surface area contributed by atoms with Crippen molar-refractivity contribution in [3.8, 4) is 11.5 Å². The maximum Gasteiger partial charge on any atom is 0.386 e. The molecule has 0 aliphatic heterocycles. The van der Waals surface area contributed by atoms with Crippen LogP contribution in [-0.2, 0) is 9.90 Å². The van der Waals surface area contributed by atoms with Crippen molar-refractivity contribution >= 4 is 11.9 Å². The molecule has 1 aromatic carbocycles. The maximum absolute atomic E-state index is 10.2. The monoisotopic (exact) mass is 266 g/mol. The summed E-state index contributed by atoms with van der Waals surface area (Å²) in [4.78, 5) is 20.4. The van der Waals surface area contributed by atoms with E-state index in [4.69, 9.17) is 15.9 Å². The van der Waals surface area contributed by atoms with Crippen molar-refractivity contribution in [2.24, 2.45) is 5.73 Å². The van der Waals surface area contributed by atoms with Gasteiger partial charge in [-0.2, -0.15) is 0 Å². The first-order valence-electron chi connectivity index (χ1n) is 5.49. The largest absolute Gasteiger partial charge is 0.504 e. The Balaban J connectivity index is 0.000000362. The number of benzene rings is 1. The quantitative estimate of drug-likeness (QED) is 0.567. The van der Waals surface area contributed by atoms with Crippen LogP contribution in [0.25, 0.3) is 0 Å². The molecule has 4 N–H and O–H groups in total. The van der Waals surface area contributed by atoms with Crippen molar-refractivity contribution in [3.05, 3.63) is 35.4 Å². The molecule has 0 unspecified atom stereocenters. The van der Waals surface area contributed by atoms with Crippen LogP contribution in [0, 0.1) is 0 Å². The molecular weight excluding hydrogens is 250 g/mol. The van der Waals surface area contributed by atoms with Crippen LogP contribution in [0.5, 0.6) is 11.5 Å². The molecule has 6 nitrogen and oxygen atoms in total. The number of phenols is 2. The summed E-state index contributed by atoms with van der Waals surface area (Å²) in [5.41, 5.74) is 5.39. The van der Waals surface area contributed by atoms with Gasteiger partial charge < -0.3 is 15.9 Å². The van der Waals surface area contributed by atoms with E-state index in [0.29, 0.717) is 5.57 Å². The van der Waals surface area contributed by atoms with E-state index >= 15 is 0 Å². The minimum absolute atomic E-state index is 0.166. The summed E-state index contributed by atoms with van der Waals surface area (Å²) in [6.45, 7) is 3.68. The summed E-state index contributed by atoms with van der Waals surface area (Å²) in [7, 11) is 0. The van der Waals surface area contributed by atoms with Crippen molar-refractivity contribution in [3.63, 3.8) is 0 Å². The van der Waals surface area contributed by atoms with Gasteiger partial charge in [0, 0.05) is 5.57 Å². The lowest BCUT2D eigenvalue weighted by atomic mass is 10.2. The molecule has 0 saturated heterocycles. The Morgan fingerprint density at radius 3 is 2.16 bits per heavy atom. The maximum atomic E-state index is 10.2. The fourth-order valence-electron chi connectivity index (χ4n) is 1.06. The van der Waals surface area contributed by atoms with Crippen LogP contribution in [0.1, 0.15) is 30.6 Å². The molecule has 0 aliphatic rings. The van der Waals surface area contributed by atoms with E-state index in [-0.39, 0.29) is 17.2 Å². The molecule has 1 amide bonds. The molecule has 6 heteroatoms. The third-order valence-electron chi connectivity index (χ3n) is 2.11. The lowest BCUT2D eigenvalue weighted by Crippen LogP contribution is -2.11. The van der Waals surface area contributed by atoms with Gasteiger partial charge >= 0.3 is 5.97 Å². The Hall–Kier alpha value is -2.50.